The lowest BCUT2D eigenvalue weighted by Gasteiger charge is -2.22. The van der Waals surface area contributed by atoms with Crippen LogP contribution >= 0.6 is 11.6 Å². The van der Waals surface area contributed by atoms with E-state index in [0.29, 0.717) is 42.8 Å². The quantitative estimate of drug-likeness (QED) is 0.245. The van der Waals surface area contributed by atoms with E-state index in [1.807, 2.05) is 10.6 Å². The van der Waals surface area contributed by atoms with E-state index in [0.717, 1.165) is 42.9 Å². The molecule has 0 radical (unpaired) electrons. The average Bonchev–Trinajstić information content (AvgIpc) is 3.69. The van der Waals surface area contributed by atoms with Crippen molar-refractivity contribution in [2.24, 2.45) is 11.3 Å². The maximum absolute atomic E-state index is 14.4. The number of benzene rings is 1. The molecule has 42 heavy (non-hydrogen) atoms. The summed E-state index contributed by atoms with van der Waals surface area (Å²) in [5.41, 5.74) is 1.62. The molecule has 214 valence electrons. The van der Waals surface area contributed by atoms with Crippen molar-refractivity contribution in [1.29, 1.82) is 5.26 Å². The summed E-state index contributed by atoms with van der Waals surface area (Å²) in [6, 6.07) is 9.66. The number of pyridine rings is 1. The molecule has 0 aliphatic heterocycles. The summed E-state index contributed by atoms with van der Waals surface area (Å²) in [5, 5.41) is 19.4. The molecule has 6 rings (SSSR count). The molecule has 0 bridgehead atoms. The molecule has 2 aliphatic rings. The van der Waals surface area contributed by atoms with E-state index in [-0.39, 0.29) is 34.7 Å². The van der Waals surface area contributed by atoms with Gasteiger partial charge in [-0.1, -0.05) is 23.7 Å². The van der Waals surface area contributed by atoms with Crippen molar-refractivity contribution in [3.8, 4) is 11.9 Å². The molecule has 0 saturated heterocycles. The van der Waals surface area contributed by atoms with Gasteiger partial charge in [0.15, 0.2) is 17.2 Å². The number of hydrogen-bond donors (Lipinski definition) is 1. The van der Waals surface area contributed by atoms with Crippen LogP contribution in [0.1, 0.15) is 59.8 Å². The number of imidazole rings is 1. The van der Waals surface area contributed by atoms with E-state index in [1.54, 1.807) is 6.07 Å². The van der Waals surface area contributed by atoms with Crippen molar-refractivity contribution in [1.82, 2.24) is 24.5 Å². The lowest BCUT2D eigenvalue weighted by molar-refractivity contribution is 0.0691. The predicted octanol–water partition coefficient (Wildman–Crippen LogP) is 6.16. The van der Waals surface area contributed by atoms with Crippen LogP contribution in [0.15, 0.2) is 42.6 Å². The van der Waals surface area contributed by atoms with E-state index in [9.17, 15) is 23.9 Å². The van der Waals surface area contributed by atoms with E-state index >= 15 is 0 Å². The maximum atomic E-state index is 14.4. The molecule has 1 fully saturated rings. The molecule has 0 spiro atoms. The first-order chi connectivity index (χ1) is 20.2. The Kier molecular flexibility index (Phi) is 7.33. The molecule has 3 aromatic heterocycles. The van der Waals surface area contributed by atoms with E-state index < -0.39 is 23.0 Å². The molecular weight excluding hydrogens is 566 g/mol. The van der Waals surface area contributed by atoms with Gasteiger partial charge in [0.1, 0.15) is 23.8 Å². The fourth-order valence-corrected chi connectivity index (χ4v) is 5.33. The molecule has 1 atom stereocenters. The Balaban J connectivity index is 1.18. The molecule has 9 nitrogen and oxygen atoms in total. The van der Waals surface area contributed by atoms with Crippen LogP contribution in [0.5, 0.6) is 5.88 Å². The van der Waals surface area contributed by atoms with Crippen LogP contribution in [-0.4, -0.2) is 35.6 Å². The number of carboxylic acid groups (broad SMARTS) is 1. The number of aromatic nitrogens is 5. The van der Waals surface area contributed by atoms with Crippen molar-refractivity contribution in [3.05, 3.63) is 82.2 Å². The summed E-state index contributed by atoms with van der Waals surface area (Å²) in [4.78, 5) is 29.1. The van der Waals surface area contributed by atoms with Gasteiger partial charge >= 0.3 is 5.97 Å². The summed E-state index contributed by atoms with van der Waals surface area (Å²) >= 11 is 5.79. The number of carboxylic acids is 1. The van der Waals surface area contributed by atoms with Crippen LogP contribution in [0, 0.1) is 34.3 Å². The third kappa shape index (κ3) is 5.67. The zero-order chi connectivity index (χ0) is 29.4. The van der Waals surface area contributed by atoms with Crippen LogP contribution < -0.4 is 4.74 Å². The van der Waals surface area contributed by atoms with E-state index in [1.165, 1.54) is 18.2 Å². The van der Waals surface area contributed by atoms with Gasteiger partial charge in [0.25, 0.3) is 5.88 Å². The number of hydrogen-bond acceptors (Lipinski definition) is 7. The van der Waals surface area contributed by atoms with Crippen LogP contribution in [0.4, 0.5) is 8.78 Å². The summed E-state index contributed by atoms with van der Waals surface area (Å²) in [6.07, 6.45) is 7.40. The second-order valence-electron chi connectivity index (χ2n) is 10.8. The smallest absolute Gasteiger partial charge is 0.354 e. The standard InChI is InChI=1S/C30H25ClF2N6O3/c31-20-6-5-19(21(32)12-20)14-42-28-22(33)13-35-26(38-28)18-3-1-17(2-4-18)11-25-36-23-7-8-24(29(40)41)37-27(23)39(25)16-30(15-34)9-10-30/h3,5-8,12-13,17H,1-2,4,9-11,14,16H2,(H,40,41). The highest BCUT2D eigenvalue weighted by atomic mass is 35.5. The zero-order valence-corrected chi connectivity index (χ0v) is 23.1. The van der Waals surface area contributed by atoms with Crippen LogP contribution in [-0.2, 0) is 19.6 Å². The monoisotopic (exact) mass is 590 g/mol. The van der Waals surface area contributed by atoms with Gasteiger partial charge in [0.05, 0.1) is 17.7 Å². The molecular formula is C30H25ClF2N6O3. The number of fused-ring (bicyclic) bond motifs is 1. The summed E-state index contributed by atoms with van der Waals surface area (Å²) < 4.78 is 35.9. The minimum Gasteiger partial charge on any atom is -0.477 e. The number of allylic oxidation sites excluding steroid dienone is 2. The maximum Gasteiger partial charge on any atom is 0.354 e. The van der Waals surface area contributed by atoms with Gasteiger partial charge in [-0.25, -0.2) is 24.1 Å². The molecule has 3 heterocycles. The highest BCUT2D eigenvalue weighted by molar-refractivity contribution is 6.30. The van der Waals surface area contributed by atoms with Crippen molar-refractivity contribution >= 4 is 34.3 Å². The number of ether oxygens (including phenoxy) is 1. The van der Waals surface area contributed by atoms with Gasteiger partial charge < -0.3 is 14.4 Å². The molecule has 1 saturated carbocycles. The minimum absolute atomic E-state index is 0.0665. The van der Waals surface area contributed by atoms with Crippen LogP contribution in [0.2, 0.25) is 5.02 Å². The Labute approximate surface area is 244 Å². The molecule has 4 aromatic rings. The molecule has 1 aromatic carbocycles. The lowest BCUT2D eigenvalue weighted by Crippen LogP contribution is -2.17. The summed E-state index contributed by atoms with van der Waals surface area (Å²) in [5.74, 6) is -1.33. The van der Waals surface area contributed by atoms with Gasteiger partial charge in [0.2, 0.25) is 5.82 Å². The van der Waals surface area contributed by atoms with Gasteiger partial charge in [-0.05, 0) is 67.9 Å². The van der Waals surface area contributed by atoms with Gasteiger partial charge in [0, 0.05) is 23.6 Å². The topological polar surface area (TPSA) is 127 Å². The Morgan fingerprint density at radius 3 is 2.71 bits per heavy atom. The molecule has 1 N–H and O–H groups in total. The number of nitrogens with zero attached hydrogens (tertiary/aromatic N) is 6. The fraction of sp³-hybridized carbons (Fsp3) is 0.333. The Morgan fingerprint density at radius 1 is 1.19 bits per heavy atom. The first-order valence-electron chi connectivity index (χ1n) is 13.5. The highest BCUT2D eigenvalue weighted by Gasteiger charge is 2.44. The second kappa shape index (κ2) is 11.1. The van der Waals surface area contributed by atoms with Gasteiger partial charge in [-0.2, -0.15) is 14.6 Å². The SMILES string of the molecule is N#CC1(Cn2c(CC3CC=C(c4ncc(F)c(OCc5ccc(Cl)cc5F)n4)CC3)nc3ccc(C(=O)O)nc32)CC1. The number of rotatable bonds is 9. The zero-order valence-electron chi connectivity index (χ0n) is 22.4. The Bertz CT molecular complexity index is 1780. The lowest BCUT2D eigenvalue weighted by atomic mass is 9.87. The largest absolute Gasteiger partial charge is 0.477 e. The minimum atomic E-state index is -1.12. The van der Waals surface area contributed by atoms with Gasteiger partial charge in [-0.3, -0.25) is 0 Å². The summed E-state index contributed by atoms with van der Waals surface area (Å²) in [6.45, 7) is 0.208. The second-order valence-corrected chi connectivity index (χ2v) is 11.2. The third-order valence-corrected chi connectivity index (χ3v) is 8.05. The first kappa shape index (κ1) is 27.7. The van der Waals surface area contributed by atoms with E-state index in [4.69, 9.17) is 21.3 Å². The Hall–Kier alpha value is -4.43. The van der Waals surface area contributed by atoms with Crippen LogP contribution in [0.3, 0.4) is 0 Å². The normalized spacial score (nSPS) is 17.5. The van der Waals surface area contributed by atoms with Crippen molar-refractivity contribution in [2.45, 2.75) is 51.7 Å². The molecule has 12 heteroatoms. The van der Waals surface area contributed by atoms with Crippen molar-refractivity contribution in [3.63, 3.8) is 0 Å². The van der Waals surface area contributed by atoms with Crippen molar-refractivity contribution < 1.29 is 23.4 Å². The van der Waals surface area contributed by atoms with Crippen LogP contribution in [0.25, 0.3) is 16.7 Å². The van der Waals surface area contributed by atoms with E-state index in [2.05, 4.69) is 21.0 Å². The third-order valence-electron chi connectivity index (χ3n) is 7.81. The number of carbonyl (C=O) groups is 1. The molecule has 0 amide bonds. The molecule has 1 unspecified atom stereocenters. The summed E-state index contributed by atoms with van der Waals surface area (Å²) in [7, 11) is 0. The number of nitriles is 1. The predicted molar refractivity (Wildman–Crippen MR) is 149 cm³/mol. The highest BCUT2D eigenvalue weighted by Crippen LogP contribution is 2.47. The number of halogens is 3. The number of aromatic carboxylic acids is 1. The fourth-order valence-electron chi connectivity index (χ4n) is 5.18. The molecule has 2 aliphatic carbocycles. The first-order valence-corrected chi connectivity index (χ1v) is 13.9. The Morgan fingerprint density at radius 2 is 2.02 bits per heavy atom. The van der Waals surface area contributed by atoms with Gasteiger partial charge in [-0.15, -0.1) is 0 Å². The average molecular weight is 591 g/mol. The van der Waals surface area contributed by atoms with Crippen molar-refractivity contribution in [2.75, 3.05) is 0 Å².